The molecule has 0 aromatic heterocycles. The second-order valence-electron chi connectivity index (χ2n) is 5.88. The summed E-state index contributed by atoms with van der Waals surface area (Å²) in [5, 5.41) is 2.95. The predicted octanol–water partition coefficient (Wildman–Crippen LogP) is 1.69. The first-order valence-corrected chi connectivity index (χ1v) is 7.09. The maximum absolute atomic E-state index is 12.6. The van der Waals surface area contributed by atoms with Gasteiger partial charge in [0.1, 0.15) is 11.6 Å². The van der Waals surface area contributed by atoms with E-state index < -0.39 is 5.54 Å². The first-order chi connectivity index (χ1) is 8.45. The second-order valence-corrected chi connectivity index (χ2v) is 5.88. The average Bonchev–Trinajstić information content (AvgIpc) is 3.17. The van der Waals surface area contributed by atoms with Crippen LogP contribution in [0.15, 0.2) is 0 Å². The second kappa shape index (κ2) is 4.56. The minimum Gasteiger partial charge on any atom is -0.342 e. The zero-order valence-corrected chi connectivity index (χ0v) is 11.8. The van der Waals surface area contributed by atoms with E-state index >= 15 is 0 Å². The minimum atomic E-state index is -0.683. The van der Waals surface area contributed by atoms with E-state index in [1.54, 1.807) is 0 Å². The van der Waals surface area contributed by atoms with E-state index in [2.05, 4.69) is 12.2 Å². The van der Waals surface area contributed by atoms with Crippen LogP contribution in [0.2, 0.25) is 0 Å². The lowest BCUT2D eigenvalue weighted by Crippen LogP contribution is -2.71. The molecular formula is C14H24N2O2. The number of carbonyl (C=O) groups is 2. The molecule has 1 aliphatic carbocycles. The molecule has 1 N–H and O–H groups in total. The third kappa shape index (κ3) is 1.91. The van der Waals surface area contributed by atoms with Crippen LogP contribution in [0.1, 0.15) is 53.4 Å². The molecule has 2 rings (SSSR count). The number of carbonyl (C=O) groups excluding carboxylic acids is 2. The number of nitrogens with zero attached hydrogens (tertiary/aromatic N) is 1. The summed E-state index contributed by atoms with van der Waals surface area (Å²) in [5.74, 6) is 0.506. The largest absolute Gasteiger partial charge is 0.342 e. The van der Waals surface area contributed by atoms with Crippen LogP contribution in [0.3, 0.4) is 0 Å². The zero-order chi connectivity index (χ0) is 13.5. The van der Waals surface area contributed by atoms with Crippen molar-refractivity contribution in [2.75, 3.05) is 0 Å². The Labute approximate surface area is 109 Å². The van der Waals surface area contributed by atoms with Gasteiger partial charge in [-0.15, -0.1) is 0 Å². The van der Waals surface area contributed by atoms with Crippen molar-refractivity contribution >= 4 is 11.8 Å². The van der Waals surface area contributed by atoms with Crippen LogP contribution in [-0.2, 0) is 9.59 Å². The van der Waals surface area contributed by atoms with Crippen molar-refractivity contribution in [1.82, 2.24) is 10.2 Å². The Morgan fingerprint density at radius 1 is 1.39 bits per heavy atom. The summed E-state index contributed by atoms with van der Waals surface area (Å²) in [6, 6.07) is -0.152. The summed E-state index contributed by atoms with van der Waals surface area (Å²) in [4.78, 5) is 26.8. The molecule has 102 valence electrons. The van der Waals surface area contributed by atoms with Crippen LogP contribution in [0.25, 0.3) is 0 Å². The molecule has 1 saturated heterocycles. The van der Waals surface area contributed by atoms with Gasteiger partial charge in [-0.1, -0.05) is 13.8 Å². The van der Waals surface area contributed by atoms with Crippen molar-refractivity contribution in [1.29, 1.82) is 0 Å². The van der Waals surface area contributed by atoms with Crippen LogP contribution >= 0.6 is 0 Å². The lowest BCUT2D eigenvalue weighted by Gasteiger charge is -2.49. The highest BCUT2D eigenvalue weighted by Crippen LogP contribution is 2.38. The van der Waals surface area contributed by atoms with Crippen LogP contribution in [-0.4, -0.2) is 34.3 Å². The lowest BCUT2D eigenvalue weighted by atomic mass is 9.87. The summed E-state index contributed by atoms with van der Waals surface area (Å²) in [6.07, 6.45) is 3.67. The molecule has 0 bridgehead atoms. The molecule has 0 radical (unpaired) electrons. The number of amides is 2. The Kier molecular flexibility index (Phi) is 3.39. The van der Waals surface area contributed by atoms with E-state index in [0.717, 1.165) is 19.3 Å². The predicted molar refractivity (Wildman–Crippen MR) is 69.9 cm³/mol. The molecular weight excluding hydrogens is 228 g/mol. The van der Waals surface area contributed by atoms with Crippen LogP contribution < -0.4 is 5.32 Å². The summed E-state index contributed by atoms with van der Waals surface area (Å²) in [6.45, 7) is 7.95. The zero-order valence-electron chi connectivity index (χ0n) is 11.8. The van der Waals surface area contributed by atoms with E-state index in [0.29, 0.717) is 12.3 Å². The topological polar surface area (TPSA) is 49.4 Å². The highest BCUT2D eigenvalue weighted by atomic mass is 16.2. The highest BCUT2D eigenvalue weighted by Gasteiger charge is 2.53. The highest BCUT2D eigenvalue weighted by molar-refractivity contribution is 6.00. The van der Waals surface area contributed by atoms with Crippen molar-refractivity contribution in [2.24, 2.45) is 5.92 Å². The quantitative estimate of drug-likeness (QED) is 0.827. The summed E-state index contributed by atoms with van der Waals surface area (Å²) < 4.78 is 0. The molecule has 0 aromatic rings. The summed E-state index contributed by atoms with van der Waals surface area (Å²) >= 11 is 0. The van der Waals surface area contributed by atoms with Gasteiger partial charge in [0.2, 0.25) is 11.8 Å². The molecule has 2 fully saturated rings. The normalized spacial score (nSPS) is 34.4. The van der Waals surface area contributed by atoms with Gasteiger partial charge in [-0.3, -0.25) is 9.59 Å². The molecule has 1 aliphatic heterocycles. The maximum Gasteiger partial charge on any atom is 0.246 e. The standard InChI is InChI=1S/C14H24N2O2/c1-5-9(3)16-12(17)11(10-7-8-10)15-13(18)14(16,4)6-2/h9-11H,5-8H2,1-4H3,(H,15,18). The number of rotatable bonds is 4. The molecule has 3 unspecified atom stereocenters. The molecule has 4 heteroatoms. The van der Waals surface area contributed by atoms with Crippen molar-refractivity contribution in [2.45, 2.75) is 71.0 Å². The van der Waals surface area contributed by atoms with Gasteiger partial charge in [-0.05, 0) is 45.4 Å². The molecule has 0 spiro atoms. The van der Waals surface area contributed by atoms with E-state index in [1.807, 2.05) is 25.7 Å². The SMILES string of the molecule is CCC(C)N1C(=O)C(C2CC2)NC(=O)C1(C)CC. The average molecular weight is 252 g/mol. The van der Waals surface area contributed by atoms with Gasteiger partial charge in [-0.25, -0.2) is 0 Å². The minimum absolute atomic E-state index is 0.0156. The molecule has 2 aliphatic rings. The maximum atomic E-state index is 12.6. The molecule has 3 atom stereocenters. The third-order valence-electron chi connectivity index (χ3n) is 4.62. The van der Waals surface area contributed by atoms with Gasteiger partial charge >= 0.3 is 0 Å². The van der Waals surface area contributed by atoms with E-state index in [4.69, 9.17) is 0 Å². The van der Waals surface area contributed by atoms with Gasteiger partial charge in [0.05, 0.1) is 0 Å². The van der Waals surface area contributed by atoms with Crippen LogP contribution in [0.5, 0.6) is 0 Å². The molecule has 1 saturated carbocycles. The van der Waals surface area contributed by atoms with Crippen molar-refractivity contribution in [3.05, 3.63) is 0 Å². The van der Waals surface area contributed by atoms with Gasteiger partial charge < -0.3 is 10.2 Å². The fourth-order valence-corrected chi connectivity index (χ4v) is 2.83. The van der Waals surface area contributed by atoms with Gasteiger partial charge in [0.25, 0.3) is 0 Å². The molecule has 0 aromatic carbocycles. The smallest absolute Gasteiger partial charge is 0.246 e. The lowest BCUT2D eigenvalue weighted by molar-refractivity contribution is -0.160. The molecule has 4 nitrogen and oxygen atoms in total. The number of hydrogen-bond donors (Lipinski definition) is 1. The first-order valence-electron chi connectivity index (χ1n) is 7.09. The molecule has 1 heterocycles. The molecule has 2 amide bonds. The Hall–Kier alpha value is -1.06. The fraction of sp³-hybridized carbons (Fsp3) is 0.857. The third-order valence-corrected chi connectivity index (χ3v) is 4.62. The van der Waals surface area contributed by atoms with Crippen molar-refractivity contribution in [3.63, 3.8) is 0 Å². The van der Waals surface area contributed by atoms with Crippen molar-refractivity contribution in [3.8, 4) is 0 Å². The Balaban J connectivity index is 2.32. The van der Waals surface area contributed by atoms with Crippen LogP contribution in [0.4, 0.5) is 0 Å². The Morgan fingerprint density at radius 2 is 2.00 bits per heavy atom. The summed E-state index contributed by atoms with van der Waals surface area (Å²) in [5.41, 5.74) is -0.683. The number of nitrogens with one attached hydrogen (secondary N) is 1. The number of piperazine rings is 1. The fourth-order valence-electron chi connectivity index (χ4n) is 2.83. The monoisotopic (exact) mass is 252 g/mol. The Morgan fingerprint density at radius 3 is 2.44 bits per heavy atom. The number of hydrogen-bond acceptors (Lipinski definition) is 2. The summed E-state index contributed by atoms with van der Waals surface area (Å²) in [7, 11) is 0. The van der Waals surface area contributed by atoms with Crippen molar-refractivity contribution < 1.29 is 9.59 Å². The van der Waals surface area contributed by atoms with Gasteiger partial charge in [-0.2, -0.15) is 0 Å². The van der Waals surface area contributed by atoms with E-state index in [1.165, 1.54) is 0 Å². The van der Waals surface area contributed by atoms with E-state index in [9.17, 15) is 9.59 Å². The van der Waals surface area contributed by atoms with Crippen LogP contribution in [0, 0.1) is 5.92 Å². The van der Waals surface area contributed by atoms with Gasteiger partial charge in [0, 0.05) is 6.04 Å². The Bertz CT molecular complexity index is 365. The van der Waals surface area contributed by atoms with Gasteiger partial charge in [0.15, 0.2) is 0 Å². The first kappa shape index (κ1) is 13.4. The molecule has 18 heavy (non-hydrogen) atoms. The van der Waals surface area contributed by atoms with E-state index in [-0.39, 0.29) is 23.9 Å².